The Balaban J connectivity index is 0.970. The molecule has 0 saturated heterocycles. The highest BCUT2D eigenvalue weighted by atomic mass is 16.5. The van der Waals surface area contributed by atoms with E-state index in [2.05, 4.69) is 130 Å². The fourth-order valence-corrected chi connectivity index (χ4v) is 11.7. The summed E-state index contributed by atoms with van der Waals surface area (Å²) in [6.07, 6.45) is 14.7. The smallest absolute Gasteiger partial charge is 0.181 e. The van der Waals surface area contributed by atoms with Crippen molar-refractivity contribution in [1.82, 2.24) is 4.98 Å². The van der Waals surface area contributed by atoms with E-state index in [-0.39, 0.29) is 23.7 Å². The summed E-state index contributed by atoms with van der Waals surface area (Å²) in [5.74, 6) is 0.467. The number of aliphatic hydroxyl groups is 1. The number of aromatic amines is 1. The average molecular weight is 971 g/mol. The lowest BCUT2D eigenvalue weighted by Crippen LogP contribution is -2.44. The Morgan fingerprint density at radius 1 is 0.699 bits per heavy atom. The Kier molecular flexibility index (Phi) is 13.8. The fraction of sp³-hybridized carbons (Fsp3) is 0.308. The van der Waals surface area contributed by atoms with Crippen molar-refractivity contribution in [2.75, 3.05) is 27.4 Å². The van der Waals surface area contributed by atoms with Gasteiger partial charge in [0.1, 0.15) is 23.0 Å². The molecule has 1 aromatic heterocycles. The summed E-state index contributed by atoms with van der Waals surface area (Å²) >= 11 is 0. The van der Waals surface area contributed by atoms with Gasteiger partial charge in [-0.3, -0.25) is 9.59 Å². The zero-order valence-electron chi connectivity index (χ0n) is 43.0. The first kappa shape index (κ1) is 49.4. The number of H-pyrrole nitrogens is 1. The van der Waals surface area contributed by atoms with Crippen LogP contribution in [0.4, 0.5) is 0 Å². The Morgan fingerprint density at radius 2 is 1.33 bits per heavy atom. The summed E-state index contributed by atoms with van der Waals surface area (Å²) in [6, 6.07) is 43.2. The number of carbonyl (C=O) groups is 2. The van der Waals surface area contributed by atoms with Gasteiger partial charge in [0.05, 0.1) is 30.8 Å². The second-order valence-corrected chi connectivity index (χ2v) is 21.0. The quantitative estimate of drug-likeness (QED) is 0.0275. The number of aromatic nitrogens is 1. The van der Waals surface area contributed by atoms with E-state index >= 15 is 0 Å². The van der Waals surface area contributed by atoms with Crippen LogP contribution in [0.1, 0.15) is 95.8 Å². The first-order valence-corrected chi connectivity index (χ1v) is 26.0. The lowest BCUT2D eigenvalue weighted by atomic mass is 9.64. The van der Waals surface area contributed by atoms with Crippen molar-refractivity contribution in [3.05, 3.63) is 211 Å². The van der Waals surface area contributed by atoms with Gasteiger partial charge in [0, 0.05) is 56.3 Å². The number of benzene rings is 5. The molecule has 2 N–H and O–H groups in total. The minimum Gasteiger partial charge on any atom is -0.497 e. The number of nitrogens with one attached hydrogen (secondary N) is 1. The van der Waals surface area contributed by atoms with Crippen molar-refractivity contribution >= 4 is 40.2 Å². The molecule has 0 radical (unpaired) electrons. The van der Waals surface area contributed by atoms with Crippen LogP contribution >= 0.6 is 0 Å². The molecule has 0 amide bonds. The normalized spacial score (nSPS) is 18.2. The van der Waals surface area contributed by atoms with Crippen molar-refractivity contribution in [3.8, 4) is 11.5 Å². The number of nitrogens with zero attached hydrogens (tertiary/aromatic N) is 1. The van der Waals surface area contributed by atoms with Crippen LogP contribution in [0.3, 0.4) is 0 Å². The van der Waals surface area contributed by atoms with Crippen LogP contribution in [0, 0.1) is 16.7 Å². The molecule has 0 spiro atoms. The highest BCUT2D eigenvalue weighted by Crippen LogP contribution is 2.49. The molecule has 0 atom stereocenters. The molecule has 1 saturated carbocycles. The molecule has 10 rings (SSSR count). The second kappa shape index (κ2) is 20.4. The SMILES string of the molecule is COc1ccc(C(OCCCCCC2=C(C=C3C(=O)C(/C(CCCCCO)=C4\C=c5c([nH]c6ccccc56)=CC4(C)C)C3=O)C(C)(C)C=C3N=c4ccccc4=C32)(c2ccccc2)c2ccc(OC)cc2)cc1. The number of rotatable bonds is 19. The average Bonchev–Trinajstić information content (AvgIpc) is 3.95. The number of aliphatic hydroxyl groups excluding tert-OH is 1. The Hall–Kier alpha value is -7.13. The molecule has 5 aromatic carbocycles. The van der Waals surface area contributed by atoms with E-state index in [1.165, 1.54) is 0 Å². The van der Waals surface area contributed by atoms with Crippen molar-refractivity contribution in [2.24, 2.45) is 21.7 Å². The Morgan fingerprint density at radius 3 is 2.01 bits per heavy atom. The third-order valence-electron chi connectivity index (χ3n) is 15.5. The van der Waals surface area contributed by atoms with Gasteiger partial charge in [-0.1, -0.05) is 138 Å². The van der Waals surface area contributed by atoms with Crippen LogP contribution in [-0.4, -0.2) is 49.1 Å². The number of carbonyl (C=O) groups excluding carboxylic acids is 2. The first-order chi connectivity index (χ1) is 35.4. The maximum atomic E-state index is 14.9. The molecular formula is C65H66N2O6. The lowest BCUT2D eigenvalue weighted by molar-refractivity contribution is -0.135. The molecule has 4 aliphatic rings. The monoisotopic (exact) mass is 970 g/mol. The van der Waals surface area contributed by atoms with Crippen LogP contribution in [0.15, 0.2) is 178 Å². The van der Waals surface area contributed by atoms with Gasteiger partial charge in [-0.05, 0) is 132 Å². The standard InChI is InChI=1S/C65H66N2O6/c1-63(2)40-57-51(47-22-14-16-26-55(47)66-57)38-53(63)49(24-12-8-18-36-68)60-61(69)52(62(60)70)39-54-48(59-50-25-15-17-27-56(50)67-58(59)41-64(54,3)4)23-13-9-19-37-73-65(42-20-10-7-11-21-42,43-28-32-45(71-5)33-29-43)44-30-34-46(72-6)35-31-44/h7,10-11,14-17,20-22,25-35,38-41,60,66,68H,8-9,12-13,18-19,23-24,36-37H2,1-6H3/b52-39?,53-49+. The number of ether oxygens (including phenoxy) is 3. The molecule has 6 aromatic rings. The number of unbranched alkanes of at least 4 members (excludes halogenated alkanes) is 4. The highest BCUT2D eigenvalue weighted by molar-refractivity contribution is 6.40. The maximum Gasteiger partial charge on any atom is 0.181 e. The Labute approximate surface area is 428 Å². The molecule has 73 heavy (non-hydrogen) atoms. The lowest BCUT2D eigenvalue weighted by Gasteiger charge is -2.37. The number of methoxy groups -OCH3 is 2. The second-order valence-electron chi connectivity index (χ2n) is 21.0. The van der Waals surface area contributed by atoms with Gasteiger partial charge >= 0.3 is 0 Å². The largest absolute Gasteiger partial charge is 0.497 e. The van der Waals surface area contributed by atoms with Crippen molar-refractivity contribution < 1.29 is 28.9 Å². The topological polar surface area (TPSA) is 110 Å². The van der Waals surface area contributed by atoms with E-state index in [0.717, 1.165) is 132 Å². The molecule has 3 aliphatic carbocycles. The Bertz CT molecular complexity index is 3430. The number of fused-ring (bicyclic) bond motifs is 5. The number of hydrogen-bond acceptors (Lipinski definition) is 7. The van der Waals surface area contributed by atoms with Crippen LogP contribution < -0.4 is 30.6 Å². The van der Waals surface area contributed by atoms with E-state index in [1.807, 2.05) is 54.6 Å². The molecule has 1 fully saturated rings. The molecule has 8 nitrogen and oxygen atoms in total. The predicted octanol–water partition coefficient (Wildman–Crippen LogP) is 10.6. The molecule has 372 valence electrons. The van der Waals surface area contributed by atoms with Crippen molar-refractivity contribution in [1.29, 1.82) is 0 Å². The third-order valence-corrected chi connectivity index (χ3v) is 15.5. The zero-order valence-corrected chi connectivity index (χ0v) is 43.0. The van der Waals surface area contributed by atoms with Crippen molar-refractivity contribution in [2.45, 2.75) is 84.7 Å². The van der Waals surface area contributed by atoms with E-state index < -0.39 is 22.3 Å². The van der Waals surface area contributed by atoms with Gasteiger partial charge in [0.2, 0.25) is 0 Å². The molecule has 0 bridgehead atoms. The number of allylic oxidation sites excluding steroid dienone is 7. The zero-order chi connectivity index (χ0) is 50.9. The molecule has 0 unspecified atom stereocenters. The summed E-state index contributed by atoms with van der Waals surface area (Å²) in [5.41, 5.74) is 8.57. The highest BCUT2D eigenvalue weighted by Gasteiger charge is 2.48. The van der Waals surface area contributed by atoms with E-state index in [0.29, 0.717) is 19.4 Å². The van der Waals surface area contributed by atoms with Crippen LogP contribution in [0.25, 0.3) is 28.6 Å². The summed E-state index contributed by atoms with van der Waals surface area (Å²) < 4.78 is 18.4. The van der Waals surface area contributed by atoms with Gasteiger partial charge < -0.3 is 24.3 Å². The van der Waals surface area contributed by atoms with Gasteiger partial charge in [0.15, 0.2) is 11.6 Å². The number of para-hydroxylation sites is 2. The summed E-state index contributed by atoms with van der Waals surface area (Å²) in [7, 11) is 3.35. The molecule has 8 heteroatoms. The number of Topliss-reactive ketones (excluding diaryl/α,β-unsaturated/α-hetero) is 2. The van der Waals surface area contributed by atoms with Gasteiger partial charge in [-0.2, -0.15) is 0 Å². The number of hydrogen-bond donors (Lipinski definition) is 2. The number of ketones is 2. The van der Waals surface area contributed by atoms with Crippen LogP contribution in [0.5, 0.6) is 11.5 Å². The van der Waals surface area contributed by atoms with Gasteiger partial charge in [-0.15, -0.1) is 0 Å². The molecule has 2 heterocycles. The molecular weight excluding hydrogens is 905 g/mol. The van der Waals surface area contributed by atoms with Gasteiger partial charge in [-0.25, -0.2) is 4.99 Å². The summed E-state index contributed by atoms with van der Waals surface area (Å²) in [6.45, 7) is 9.29. The van der Waals surface area contributed by atoms with Crippen LogP contribution in [0.2, 0.25) is 0 Å². The van der Waals surface area contributed by atoms with E-state index in [9.17, 15) is 14.7 Å². The van der Waals surface area contributed by atoms with Crippen LogP contribution in [-0.2, 0) is 19.9 Å². The van der Waals surface area contributed by atoms with Gasteiger partial charge in [0.25, 0.3) is 0 Å². The minimum atomic E-state index is -0.906. The predicted molar refractivity (Wildman–Crippen MR) is 291 cm³/mol. The van der Waals surface area contributed by atoms with E-state index in [1.54, 1.807) is 14.2 Å². The third kappa shape index (κ3) is 9.21. The fourth-order valence-electron chi connectivity index (χ4n) is 11.7. The van der Waals surface area contributed by atoms with E-state index in [4.69, 9.17) is 19.2 Å². The minimum absolute atomic E-state index is 0.113. The first-order valence-electron chi connectivity index (χ1n) is 26.0. The summed E-state index contributed by atoms with van der Waals surface area (Å²) in [5, 5.41) is 14.9. The summed E-state index contributed by atoms with van der Waals surface area (Å²) in [4.78, 5) is 38.5. The molecule has 1 aliphatic heterocycles. The van der Waals surface area contributed by atoms with Crippen molar-refractivity contribution in [3.63, 3.8) is 0 Å². The maximum absolute atomic E-state index is 14.9.